The molecule has 1 fully saturated rings. The topological polar surface area (TPSA) is 0 Å². The molecular formula is C29H38F2. The Balaban J connectivity index is 1.28. The van der Waals surface area contributed by atoms with Gasteiger partial charge in [-0.2, -0.15) is 0 Å². The third-order valence-electron chi connectivity index (χ3n) is 8.00. The predicted octanol–water partition coefficient (Wildman–Crippen LogP) is 8.80. The number of rotatable bonds is 7. The van der Waals surface area contributed by atoms with Gasteiger partial charge in [0.2, 0.25) is 0 Å². The van der Waals surface area contributed by atoms with Crippen LogP contribution in [0.2, 0.25) is 0 Å². The Morgan fingerprint density at radius 2 is 1.58 bits per heavy atom. The van der Waals surface area contributed by atoms with E-state index in [1.165, 1.54) is 63.5 Å². The Labute approximate surface area is 187 Å². The van der Waals surface area contributed by atoms with E-state index >= 15 is 4.39 Å². The third-order valence-corrected chi connectivity index (χ3v) is 8.00. The highest BCUT2D eigenvalue weighted by Crippen LogP contribution is 2.43. The molecule has 0 nitrogen and oxygen atoms in total. The second-order valence-corrected chi connectivity index (χ2v) is 10.1. The first-order chi connectivity index (χ1) is 15.1. The summed E-state index contributed by atoms with van der Waals surface area (Å²) in [7, 11) is 0. The van der Waals surface area contributed by atoms with E-state index in [9.17, 15) is 4.39 Å². The largest absolute Gasteiger partial charge is 0.239 e. The molecule has 3 atom stereocenters. The maximum atomic E-state index is 15.7. The maximum absolute atomic E-state index is 15.7. The average molecular weight is 425 g/mol. The zero-order chi connectivity index (χ0) is 21.7. The highest BCUT2D eigenvalue weighted by molar-refractivity contribution is 5.76. The molecule has 0 heterocycles. The van der Waals surface area contributed by atoms with Crippen LogP contribution in [0.25, 0.3) is 5.57 Å². The van der Waals surface area contributed by atoms with Gasteiger partial charge in [0.05, 0.1) is 0 Å². The first-order valence-corrected chi connectivity index (χ1v) is 12.6. The van der Waals surface area contributed by atoms with Crippen molar-refractivity contribution in [3.8, 4) is 0 Å². The molecule has 0 radical (unpaired) electrons. The van der Waals surface area contributed by atoms with E-state index in [0.29, 0.717) is 17.9 Å². The van der Waals surface area contributed by atoms with Gasteiger partial charge in [0.25, 0.3) is 0 Å². The van der Waals surface area contributed by atoms with E-state index in [2.05, 4.69) is 6.92 Å². The summed E-state index contributed by atoms with van der Waals surface area (Å²) in [5.74, 6) is 2.50. The summed E-state index contributed by atoms with van der Waals surface area (Å²) in [4.78, 5) is 0. The van der Waals surface area contributed by atoms with Gasteiger partial charge >= 0.3 is 0 Å². The Kier molecular flexibility index (Phi) is 7.46. The van der Waals surface area contributed by atoms with Gasteiger partial charge in [0.15, 0.2) is 11.8 Å². The molecule has 3 aliphatic carbocycles. The van der Waals surface area contributed by atoms with Crippen molar-refractivity contribution in [1.82, 2.24) is 0 Å². The van der Waals surface area contributed by atoms with Crippen molar-refractivity contribution in [1.29, 1.82) is 0 Å². The summed E-state index contributed by atoms with van der Waals surface area (Å²) in [6.45, 7) is 2.30. The summed E-state index contributed by atoms with van der Waals surface area (Å²) in [5, 5.41) is 0. The lowest BCUT2D eigenvalue weighted by Gasteiger charge is -2.34. The lowest BCUT2D eigenvalue weighted by atomic mass is 9.74. The Morgan fingerprint density at radius 3 is 2.19 bits per heavy atom. The molecule has 2 heteroatoms. The number of hydrogen-bond donors (Lipinski definition) is 0. The van der Waals surface area contributed by atoms with Crippen LogP contribution in [-0.2, 0) is 0 Å². The van der Waals surface area contributed by atoms with Gasteiger partial charge in [0.1, 0.15) is 0 Å². The Hall–Kier alpha value is -1.70. The van der Waals surface area contributed by atoms with Crippen molar-refractivity contribution >= 4 is 5.57 Å². The zero-order valence-electron chi connectivity index (χ0n) is 19.0. The fraction of sp³-hybridized carbons (Fsp3) is 0.586. The summed E-state index contributed by atoms with van der Waals surface area (Å²) in [5.41, 5.74) is 0.381. The maximum Gasteiger partial charge on any atom is 0.185 e. The van der Waals surface area contributed by atoms with Gasteiger partial charge in [0, 0.05) is 0 Å². The highest BCUT2D eigenvalue weighted by Gasteiger charge is 2.42. The molecule has 3 unspecified atom stereocenters. The van der Waals surface area contributed by atoms with Crippen molar-refractivity contribution in [2.24, 2.45) is 17.8 Å². The molecule has 0 amide bonds. The van der Waals surface area contributed by atoms with Crippen molar-refractivity contribution in [3.05, 3.63) is 65.8 Å². The minimum Gasteiger partial charge on any atom is -0.239 e. The lowest BCUT2D eigenvalue weighted by Crippen LogP contribution is -2.37. The van der Waals surface area contributed by atoms with Crippen LogP contribution in [0.3, 0.4) is 0 Å². The Morgan fingerprint density at radius 1 is 0.903 bits per heavy atom. The molecule has 31 heavy (non-hydrogen) atoms. The second kappa shape index (κ2) is 10.3. The van der Waals surface area contributed by atoms with Crippen LogP contribution in [0.1, 0.15) is 83.1 Å². The zero-order valence-corrected chi connectivity index (χ0v) is 19.0. The molecule has 3 aliphatic rings. The summed E-state index contributed by atoms with van der Waals surface area (Å²) in [6.07, 6.45) is 18.6. The van der Waals surface area contributed by atoms with Crippen molar-refractivity contribution in [2.75, 3.05) is 0 Å². The summed E-state index contributed by atoms with van der Waals surface area (Å²) < 4.78 is 30.7. The van der Waals surface area contributed by atoms with Crippen LogP contribution in [0.4, 0.5) is 8.78 Å². The van der Waals surface area contributed by atoms with Crippen LogP contribution in [0, 0.1) is 17.8 Å². The molecule has 0 saturated heterocycles. The SMILES string of the molecule is CCCC1CCC(CCC2CC=C(C3(F)C=CC(c4ccccc4)=CC3F)CC2)CC1. The van der Waals surface area contributed by atoms with Crippen LogP contribution in [0.5, 0.6) is 0 Å². The van der Waals surface area contributed by atoms with Gasteiger partial charge < -0.3 is 0 Å². The molecule has 4 rings (SSSR count). The molecule has 1 aromatic rings. The monoisotopic (exact) mass is 424 g/mol. The van der Waals surface area contributed by atoms with Gasteiger partial charge in [-0.3, -0.25) is 0 Å². The standard InChI is InChI=1S/C29H38F2/c1-2-6-22-9-11-23(12-10-22)13-14-24-15-17-27(18-16-24)29(31)20-19-26(21-28(29)30)25-7-4-3-5-8-25/h3-5,7-8,17,19-24,28H,2,6,9-16,18H2,1H3. The van der Waals surface area contributed by atoms with Crippen molar-refractivity contribution < 1.29 is 8.78 Å². The van der Waals surface area contributed by atoms with Crippen LogP contribution >= 0.6 is 0 Å². The third kappa shape index (κ3) is 5.38. The van der Waals surface area contributed by atoms with Crippen molar-refractivity contribution in [3.63, 3.8) is 0 Å². The van der Waals surface area contributed by atoms with E-state index in [-0.39, 0.29) is 0 Å². The van der Waals surface area contributed by atoms with Crippen LogP contribution < -0.4 is 0 Å². The van der Waals surface area contributed by atoms with Crippen molar-refractivity contribution in [2.45, 2.75) is 89.4 Å². The van der Waals surface area contributed by atoms with Crippen LogP contribution in [-0.4, -0.2) is 11.8 Å². The molecule has 0 aromatic heterocycles. The first-order valence-electron chi connectivity index (χ1n) is 12.6. The molecule has 0 spiro atoms. The summed E-state index contributed by atoms with van der Waals surface area (Å²) in [6, 6.07) is 9.66. The quantitative estimate of drug-likeness (QED) is 0.384. The number of alkyl halides is 2. The second-order valence-electron chi connectivity index (χ2n) is 10.1. The van der Waals surface area contributed by atoms with E-state index in [1.54, 1.807) is 6.08 Å². The predicted molar refractivity (Wildman–Crippen MR) is 127 cm³/mol. The minimum atomic E-state index is -1.97. The van der Waals surface area contributed by atoms with E-state index < -0.39 is 11.8 Å². The van der Waals surface area contributed by atoms with E-state index in [4.69, 9.17) is 0 Å². The first kappa shape index (κ1) is 22.5. The molecule has 168 valence electrons. The van der Waals surface area contributed by atoms with Gasteiger partial charge in [-0.1, -0.05) is 94.4 Å². The summed E-state index contributed by atoms with van der Waals surface area (Å²) >= 11 is 0. The highest BCUT2D eigenvalue weighted by atomic mass is 19.2. The molecular weight excluding hydrogens is 386 g/mol. The van der Waals surface area contributed by atoms with Gasteiger partial charge in [-0.15, -0.1) is 0 Å². The lowest BCUT2D eigenvalue weighted by molar-refractivity contribution is 0.152. The Bertz CT molecular complexity index is 797. The van der Waals surface area contributed by atoms with E-state index in [0.717, 1.165) is 35.8 Å². The van der Waals surface area contributed by atoms with Gasteiger partial charge in [-0.25, -0.2) is 8.78 Å². The molecule has 0 N–H and O–H groups in total. The molecule has 0 bridgehead atoms. The molecule has 1 saturated carbocycles. The number of allylic oxidation sites excluding steroid dienone is 6. The smallest absolute Gasteiger partial charge is 0.185 e. The number of halogens is 2. The fourth-order valence-electron chi connectivity index (χ4n) is 5.93. The minimum absolute atomic E-state index is 0.641. The number of hydrogen-bond acceptors (Lipinski definition) is 0. The van der Waals surface area contributed by atoms with Crippen LogP contribution in [0.15, 0.2) is 60.2 Å². The van der Waals surface area contributed by atoms with E-state index in [1.807, 2.05) is 36.4 Å². The molecule has 1 aromatic carbocycles. The number of benzene rings is 1. The average Bonchev–Trinajstić information content (AvgIpc) is 2.81. The normalized spacial score (nSPS) is 33.6. The fourth-order valence-corrected chi connectivity index (χ4v) is 5.93. The molecule has 0 aliphatic heterocycles. The van der Waals surface area contributed by atoms with Gasteiger partial charge in [-0.05, 0) is 72.3 Å².